The largest absolute Gasteiger partial charge is 0.496 e. The van der Waals surface area contributed by atoms with Crippen molar-refractivity contribution in [1.82, 2.24) is 4.90 Å². The van der Waals surface area contributed by atoms with E-state index in [4.69, 9.17) is 4.74 Å². The molecule has 23 heavy (non-hydrogen) atoms. The van der Waals surface area contributed by atoms with E-state index >= 15 is 0 Å². The van der Waals surface area contributed by atoms with Gasteiger partial charge in [-0.1, -0.05) is 30.3 Å². The second kappa shape index (κ2) is 8.62. The molecule has 0 aliphatic carbocycles. The highest BCUT2D eigenvalue weighted by Crippen LogP contribution is 2.21. The van der Waals surface area contributed by atoms with Gasteiger partial charge in [0.25, 0.3) is 0 Å². The quantitative estimate of drug-likeness (QED) is 0.784. The molecule has 0 amide bonds. The summed E-state index contributed by atoms with van der Waals surface area (Å²) in [5.74, 6) is 0.439. The number of nitrogens with zero attached hydrogens (tertiary/aromatic N) is 1. The Morgan fingerprint density at radius 3 is 2.48 bits per heavy atom. The van der Waals surface area contributed by atoms with E-state index in [1.54, 1.807) is 19.2 Å². The molecular weight excluding hydrogens is 297 g/mol. The molecule has 0 aromatic heterocycles. The Kier molecular flexibility index (Phi) is 6.52. The average Bonchev–Trinajstić information content (AvgIpc) is 2.56. The van der Waals surface area contributed by atoms with Gasteiger partial charge in [-0.15, -0.1) is 0 Å². The van der Waals surface area contributed by atoms with Gasteiger partial charge in [0, 0.05) is 25.2 Å². The van der Waals surface area contributed by atoms with Crippen LogP contribution in [0.15, 0.2) is 48.5 Å². The zero-order valence-electron chi connectivity index (χ0n) is 13.2. The number of aliphatic hydroxyl groups excluding tert-OH is 2. The molecule has 0 saturated carbocycles. The number of halogens is 1. The highest BCUT2D eigenvalue weighted by Gasteiger charge is 2.15. The molecule has 0 radical (unpaired) electrons. The molecule has 0 bridgehead atoms. The lowest BCUT2D eigenvalue weighted by Gasteiger charge is -2.25. The Balaban J connectivity index is 2.07. The molecule has 0 aliphatic heterocycles. The van der Waals surface area contributed by atoms with Crippen molar-refractivity contribution >= 4 is 0 Å². The van der Waals surface area contributed by atoms with E-state index in [2.05, 4.69) is 0 Å². The summed E-state index contributed by atoms with van der Waals surface area (Å²) in [6.07, 6.45) is -0.753. The lowest BCUT2D eigenvalue weighted by atomic mass is 10.1. The van der Waals surface area contributed by atoms with E-state index in [1.807, 2.05) is 29.2 Å². The Labute approximate surface area is 135 Å². The lowest BCUT2D eigenvalue weighted by molar-refractivity contribution is 0.0951. The Bertz CT molecular complexity index is 603. The Morgan fingerprint density at radius 2 is 1.83 bits per heavy atom. The number of para-hydroxylation sites is 1. The van der Waals surface area contributed by atoms with E-state index in [-0.39, 0.29) is 12.4 Å². The standard InChI is InChI=1S/C18H22FNO3/c1-23-18-5-3-2-4-15(18)12-20(10-11-21)13-17(22)14-6-8-16(19)9-7-14/h2-9,17,21-22H,10-13H2,1H3. The summed E-state index contributed by atoms with van der Waals surface area (Å²) < 4.78 is 18.3. The molecular formula is C18H22FNO3. The van der Waals surface area contributed by atoms with Crippen molar-refractivity contribution in [3.05, 3.63) is 65.5 Å². The predicted octanol–water partition coefficient (Wildman–Crippen LogP) is 2.36. The first-order chi connectivity index (χ1) is 11.1. The summed E-state index contributed by atoms with van der Waals surface area (Å²) in [7, 11) is 1.61. The maximum absolute atomic E-state index is 13.0. The smallest absolute Gasteiger partial charge is 0.123 e. The van der Waals surface area contributed by atoms with Crippen molar-refractivity contribution in [2.24, 2.45) is 0 Å². The first-order valence-corrected chi connectivity index (χ1v) is 7.52. The van der Waals surface area contributed by atoms with Crippen LogP contribution >= 0.6 is 0 Å². The average molecular weight is 319 g/mol. The van der Waals surface area contributed by atoms with Gasteiger partial charge in [0.1, 0.15) is 11.6 Å². The van der Waals surface area contributed by atoms with Crippen LogP contribution in [0.4, 0.5) is 4.39 Å². The lowest BCUT2D eigenvalue weighted by Crippen LogP contribution is -2.31. The molecule has 4 nitrogen and oxygen atoms in total. The minimum Gasteiger partial charge on any atom is -0.496 e. The number of methoxy groups -OCH3 is 1. The predicted molar refractivity (Wildman–Crippen MR) is 86.7 cm³/mol. The van der Waals surface area contributed by atoms with Crippen molar-refractivity contribution in [1.29, 1.82) is 0 Å². The monoisotopic (exact) mass is 319 g/mol. The van der Waals surface area contributed by atoms with Gasteiger partial charge in [-0.05, 0) is 23.8 Å². The first kappa shape index (κ1) is 17.4. The molecule has 2 N–H and O–H groups in total. The van der Waals surface area contributed by atoms with Gasteiger partial charge in [-0.3, -0.25) is 4.90 Å². The summed E-state index contributed by atoms with van der Waals surface area (Å²) in [6, 6.07) is 13.4. The fourth-order valence-corrected chi connectivity index (χ4v) is 2.49. The van der Waals surface area contributed by atoms with Gasteiger partial charge in [0.15, 0.2) is 0 Å². The zero-order valence-corrected chi connectivity index (χ0v) is 13.2. The Hall–Kier alpha value is -1.95. The van der Waals surface area contributed by atoms with Gasteiger partial charge in [-0.25, -0.2) is 4.39 Å². The molecule has 2 aromatic carbocycles. The molecule has 0 aliphatic rings. The van der Waals surface area contributed by atoms with Gasteiger partial charge in [0.2, 0.25) is 0 Å². The van der Waals surface area contributed by atoms with Crippen LogP contribution in [0.2, 0.25) is 0 Å². The molecule has 1 atom stereocenters. The van der Waals surface area contributed by atoms with E-state index < -0.39 is 6.10 Å². The molecule has 0 fully saturated rings. The first-order valence-electron chi connectivity index (χ1n) is 7.52. The summed E-state index contributed by atoms with van der Waals surface area (Å²) in [6.45, 7) is 1.30. The molecule has 0 saturated heterocycles. The number of aliphatic hydroxyl groups is 2. The topological polar surface area (TPSA) is 52.9 Å². The van der Waals surface area contributed by atoms with Crippen LogP contribution in [-0.4, -0.2) is 41.9 Å². The van der Waals surface area contributed by atoms with Crippen molar-refractivity contribution in [3.8, 4) is 5.75 Å². The molecule has 0 heterocycles. The second-order valence-corrected chi connectivity index (χ2v) is 5.34. The van der Waals surface area contributed by atoms with Crippen molar-refractivity contribution in [2.75, 3.05) is 26.8 Å². The van der Waals surface area contributed by atoms with Crippen LogP contribution in [0.25, 0.3) is 0 Å². The van der Waals surface area contributed by atoms with Crippen LogP contribution in [0, 0.1) is 5.82 Å². The summed E-state index contributed by atoms with van der Waals surface area (Å²) in [5.41, 5.74) is 1.63. The van der Waals surface area contributed by atoms with Gasteiger partial charge in [-0.2, -0.15) is 0 Å². The minimum atomic E-state index is -0.753. The molecule has 124 valence electrons. The third kappa shape index (κ3) is 5.03. The van der Waals surface area contributed by atoms with Crippen LogP contribution < -0.4 is 4.74 Å². The van der Waals surface area contributed by atoms with Gasteiger partial charge >= 0.3 is 0 Å². The van der Waals surface area contributed by atoms with Crippen molar-refractivity contribution in [2.45, 2.75) is 12.6 Å². The molecule has 1 unspecified atom stereocenters. The van der Waals surface area contributed by atoms with Crippen molar-refractivity contribution in [3.63, 3.8) is 0 Å². The van der Waals surface area contributed by atoms with Crippen LogP contribution in [-0.2, 0) is 6.54 Å². The normalized spacial score (nSPS) is 12.4. The third-order valence-electron chi connectivity index (χ3n) is 3.69. The third-order valence-corrected chi connectivity index (χ3v) is 3.69. The molecule has 2 aromatic rings. The SMILES string of the molecule is COc1ccccc1CN(CCO)CC(O)c1ccc(F)cc1. The van der Waals surface area contributed by atoms with Crippen LogP contribution in [0.5, 0.6) is 5.75 Å². The van der Waals surface area contributed by atoms with Crippen molar-refractivity contribution < 1.29 is 19.3 Å². The van der Waals surface area contributed by atoms with E-state index in [0.29, 0.717) is 25.2 Å². The number of benzene rings is 2. The highest BCUT2D eigenvalue weighted by molar-refractivity contribution is 5.33. The van der Waals surface area contributed by atoms with Gasteiger partial charge < -0.3 is 14.9 Å². The van der Waals surface area contributed by atoms with Crippen LogP contribution in [0.3, 0.4) is 0 Å². The summed E-state index contributed by atoms with van der Waals surface area (Å²) in [4.78, 5) is 1.94. The van der Waals surface area contributed by atoms with E-state index in [0.717, 1.165) is 11.3 Å². The molecule has 2 rings (SSSR count). The number of hydrogen-bond donors (Lipinski definition) is 2. The number of ether oxygens (including phenoxy) is 1. The highest BCUT2D eigenvalue weighted by atomic mass is 19.1. The fraction of sp³-hybridized carbons (Fsp3) is 0.333. The molecule has 5 heteroatoms. The fourth-order valence-electron chi connectivity index (χ4n) is 2.49. The van der Waals surface area contributed by atoms with E-state index in [1.165, 1.54) is 12.1 Å². The van der Waals surface area contributed by atoms with Crippen LogP contribution in [0.1, 0.15) is 17.2 Å². The van der Waals surface area contributed by atoms with E-state index in [9.17, 15) is 14.6 Å². The zero-order chi connectivity index (χ0) is 16.7. The number of hydrogen-bond acceptors (Lipinski definition) is 4. The van der Waals surface area contributed by atoms with Gasteiger partial charge in [0.05, 0.1) is 19.8 Å². The maximum atomic E-state index is 13.0. The minimum absolute atomic E-state index is 0.00864. The summed E-state index contributed by atoms with van der Waals surface area (Å²) >= 11 is 0. The Morgan fingerprint density at radius 1 is 1.13 bits per heavy atom. The number of rotatable bonds is 8. The molecule has 0 spiro atoms. The summed E-state index contributed by atoms with van der Waals surface area (Å²) in [5, 5.41) is 19.6. The second-order valence-electron chi connectivity index (χ2n) is 5.34. The maximum Gasteiger partial charge on any atom is 0.123 e.